The van der Waals surface area contributed by atoms with E-state index in [4.69, 9.17) is 16.3 Å². The number of hydrogen-bond acceptors (Lipinski definition) is 4. The average molecular weight is 377 g/mol. The molecule has 2 atom stereocenters. The summed E-state index contributed by atoms with van der Waals surface area (Å²) < 4.78 is 49.8. The molecule has 0 amide bonds. The summed E-state index contributed by atoms with van der Waals surface area (Å²) in [5.41, 5.74) is -1.04. The molecule has 0 radical (unpaired) electrons. The van der Waals surface area contributed by atoms with Gasteiger partial charge in [0, 0.05) is 17.7 Å². The van der Waals surface area contributed by atoms with E-state index in [1.54, 1.807) is 13.8 Å². The van der Waals surface area contributed by atoms with Crippen LogP contribution in [0.15, 0.2) is 18.2 Å². The van der Waals surface area contributed by atoms with Crippen LogP contribution in [0.4, 0.5) is 13.2 Å². The van der Waals surface area contributed by atoms with Crippen molar-refractivity contribution in [2.45, 2.75) is 20.5 Å². The van der Waals surface area contributed by atoms with Crippen LogP contribution in [0.25, 0.3) is 0 Å². The van der Waals surface area contributed by atoms with Crippen LogP contribution in [0.1, 0.15) is 19.4 Å². The van der Waals surface area contributed by atoms with Crippen molar-refractivity contribution in [1.82, 2.24) is 0 Å². The fraction of sp³-hybridized carbons (Fsp3) is 0.412. The lowest BCUT2D eigenvalue weighted by molar-refractivity contribution is -0.147. The van der Waals surface area contributed by atoms with Crippen molar-refractivity contribution in [3.8, 4) is 0 Å². The van der Waals surface area contributed by atoms with Gasteiger partial charge in [0.15, 0.2) is 11.6 Å². The van der Waals surface area contributed by atoms with E-state index >= 15 is 0 Å². The van der Waals surface area contributed by atoms with E-state index in [1.807, 2.05) is 0 Å². The third-order valence-electron chi connectivity index (χ3n) is 4.37. The zero-order valence-corrected chi connectivity index (χ0v) is 14.5. The zero-order chi connectivity index (χ0) is 18.9. The molecule has 2 unspecified atom stereocenters. The van der Waals surface area contributed by atoms with Crippen LogP contribution < -0.4 is 0 Å². The van der Waals surface area contributed by atoms with Gasteiger partial charge in [-0.3, -0.25) is 4.79 Å². The predicted octanol–water partition coefficient (Wildman–Crippen LogP) is 3.80. The summed E-state index contributed by atoms with van der Waals surface area (Å²) in [6.45, 7) is 2.89. The largest absolute Gasteiger partial charge is 0.466 e. The molecule has 4 nitrogen and oxygen atoms in total. The first-order chi connectivity index (χ1) is 11.6. The highest BCUT2D eigenvalue weighted by Crippen LogP contribution is 2.59. The number of carbonyl (C=O) groups excluding carboxylic acids is 2. The van der Waals surface area contributed by atoms with Crippen molar-refractivity contribution in [3.63, 3.8) is 0 Å². The van der Waals surface area contributed by atoms with E-state index in [-0.39, 0.29) is 5.92 Å². The Balaban J connectivity index is 2.07. The Kier molecular flexibility index (Phi) is 5.46. The van der Waals surface area contributed by atoms with Gasteiger partial charge in [-0.25, -0.2) is 18.0 Å². The second-order valence-corrected chi connectivity index (χ2v) is 6.64. The summed E-state index contributed by atoms with van der Waals surface area (Å²) in [6.07, 6.45) is 2.74. The normalized spacial score (nSPS) is 21.2. The Morgan fingerprint density at radius 1 is 1.28 bits per heavy atom. The molecule has 1 aliphatic rings. The van der Waals surface area contributed by atoms with Gasteiger partial charge in [0.05, 0.1) is 18.1 Å². The SMILES string of the molecule is COC(=O)C=CC1C(C(=O)OCc2c(F)c(F)cc(F)c2Cl)C1(C)C. The highest BCUT2D eigenvalue weighted by Gasteiger charge is 2.61. The third-order valence-corrected chi connectivity index (χ3v) is 4.78. The number of hydrogen-bond donors (Lipinski definition) is 0. The lowest BCUT2D eigenvalue weighted by Crippen LogP contribution is -2.12. The molecule has 0 N–H and O–H groups in total. The van der Waals surface area contributed by atoms with E-state index < -0.39 is 57.9 Å². The summed E-state index contributed by atoms with van der Waals surface area (Å²) in [5, 5.41) is -0.635. The standard InChI is InChI=1S/C17H16ClF3O4/c1-17(2)9(4-5-12(22)24-3)13(17)16(23)25-7-8-14(18)10(19)6-11(20)15(8)21/h4-6,9,13H,7H2,1-3H3. The smallest absolute Gasteiger partial charge is 0.330 e. The van der Waals surface area contributed by atoms with Gasteiger partial charge >= 0.3 is 11.9 Å². The van der Waals surface area contributed by atoms with Gasteiger partial charge < -0.3 is 9.47 Å². The second kappa shape index (κ2) is 7.07. The maximum atomic E-state index is 13.7. The summed E-state index contributed by atoms with van der Waals surface area (Å²) >= 11 is 5.60. The summed E-state index contributed by atoms with van der Waals surface area (Å²) in [4.78, 5) is 23.3. The topological polar surface area (TPSA) is 52.6 Å². The van der Waals surface area contributed by atoms with E-state index in [0.717, 1.165) is 0 Å². The van der Waals surface area contributed by atoms with E-state index in [9.17, 15) is 22.8 Å². The lowest BCUT2D eigenvalue weighted by Gasteiger charge is -2.09. The number of esters is 2. The third kappa shape index (κ3) is 3.81. The van der Waals surface area contributed by atoms with Crippen LogP contribution in [0.2, 0.25) is 5.02 Å². The first-order valence-electron chi connectivity index (χ1n) is 7.35. The van der Waals surface area contributed by atoms with Gasteiger partial charge in [0.25, 0.3) is 0 Å². The molecule has 1 aliphatic carbocycles. The van der Waals surface area contributed by atoms with Crippen molar-refractivity contribution < 1.29 is 32.2 Å². The quantitative estimate of drug-likeness (QED) is 0.445. The molecule has 0 bridgehead atoms. The van der Waals surface area contributed by atoms with Crippen molar-refractivity contribution in [1.29, 1.82) is 0 Å². The van der Waals surface area contributed by atoms with Crippen molar-refractivity contribution in [2.75, 3.05) is 7.11 Å². The average Bonchev–Trinajstić information content (AvgIpc) is 3.11. The Bertz CT molecular complexity index is 720. The first-order valence-corrected chi connectivity index (χ1v) is 7.73. The van der Waals surface area contributed by atoms with E-state index in [0.29, 0.717) is 6.07 Å². The second-order valence-electron chi connectivity index (χ2n) is 6.26. The number of rotatable bonds is 5. The molecular weight excluding hydrogens is 361 g/mol. The van der Waals surface area contributed by atoms with E-state index in [1.165, 1.54) is 19.3 Å². The highest BCUT2D eigenvalue weighted by molar-refractivity contribution is 6.31. The minimum Gasteiger partial charge on any atom is -0.466 e. The van der Waals surface area contributed by atoms with Gasteiger partial charge in [0.2, 0.25) is 0 Å². The van der Waals surface area contributed by atoms with Crippen LogP contribution in [0.5, 0.6) is 0 Å². The zero-order valence-electron chi connectivity index (χ0n) is 13.7. The van der Waals surface area contributed by atoms with Crippen LogP contribution >= 0.6 is 11.6 Å². The number of ether oxygens (including phenoxy) is 2. The molecule has 1 saturated carbocycles. The summed E-state index contributed by atoms with van der Waals surface area (Å²) in [6, 6.07) is 0.320. The van der Waals surface area contributed by atoms with Gasteiger partial charge in [-0.05, 0) is 11.3 Å². The van der Waals surface area contributed by atoms with Crippen LogP contribution in [0, 0.1) is 34.7 Å². The van der Waals surface area contributed by atoms with E-state index in [2.05, 4.69) is 4.74 Å². The fourth-order valence-corrected chi connectivity index (χ4v) is 2.91. The monoisotopic (exact) mass is 376 g/mol. The molecule has 0 aliphatic heterocycles. The predicted molar refractivity (Wildman–Crippen MR) is 83.0 cm³/mol. The highest BCUT2D eigenvalue weighted by atomic mass is 35.5. The van der Waals surface area contributed by atoms with Crippen molar-refractivity contribution in [2.24, 2.45) is 17.3 Å². The molecule has 0 spiro atoms. The molecule has 0 saturated heterocycles. The summed E-state index contributed by atoms with van der Waals surface area (Å²) in [7, 11) is 1.23. The lowest BCUT2D eigenvalue weighted by atomic mass is 10.1. The molecule has 1 fully saturated rings. The maximum absolute atomic E-state index is 13.7. The minimum atomic E-state index is -1.42. The van der Waals surface area contributed by atoms with Crippen LogP contribution in [-0.4, -0.2) is 19.0 Å². The Morgan fingerprint density at radius 2 is 1.92 bits per heavy atom. The number of halogens is 4. The number of allylic oxidation sites excluding steroid dienone is 1. The van der Waals surface area contributed by atoms with Crippen molar-refractivity contribution in [3.05, 3.63) is 46.3 Å². The molecule has 8 heteroatoms. The van der Waals surface area contributed by atoms with Crippen LogP contribution in [-0.2, 0) is 25.7 Å². The fourth-order valence-electron chi connectivity index (χ4n) is 2.72. The van der Waals surface area contributed by atoms with Gasteiger partial charge in [-0.15, -0.1) is 0 Å². The molecule has 1 aromatic carbocycles. The maximum Gasteiger partial charge on any atom is 0.330 e. The van der Waals surface area contributed by atoms with Crippen LogP contribution in [0.3, 0.4) is 0 Å². The Labute approximate surface area is 147 Å². The minimum absolute atomic E-state index is 0.274. The summed E-state index contributed by atoms with van der Waals surface area (Å²) in [5.74, 6) is -6.01. The number of benzene rings is 1. The van der Waals surface area contributed by atoms with Gasteiger partial charge in [-0.2, -0.15) is 0 Å². The van der Waals surface area contributed by atoms with Gasteiger partial charge in [-0.1, -0.05) is 31.5 Å². The molecule has 136 valence electrons. The molecule has 0 aromatic heterocycles. The molecule has 0 heterocycles. The number of carbonyl (C=O) groups is 2. The molecule has 25 heavy (non-hydrogen) atoms. The van der Waals surface area contributed by atoms with Gasteiger partial charge in [0.1, 0.15) is 12.4 Å². The molecule has 1 aromatic rings. The molecule has 2 rings (SSSR count). The first kappa shape index (κ1) is 19.3. The Morgan fingerprint density at radius 3 is 2.52 bits per heavy atom. The number of methoxy groups -OCH3 is 1. The van der Waals surface area contributed by atoms with Crippen molar-refractivity contribution >= 4 is 23.5 Å². The Hall–Kier alpha value is -2.02. The molecular formula is C17H16ClF3O4.